The summed E-state index contributed by atoms with van der Waals surface area (Å²) in [6.07, 6.45) is 5.07. The standard InChI is InChI=1S/C25H33N3O2S/c1-21(24-7-5-20-31-24)27-15-17-28(18-16-27)25(29)22-8-10-23(11-9-22)30-19-6-14-26-12-3-2-4-13-26/h5,7-11,20H,1-4,6,12-19H2. The summed E-state index contributed by atoms with van der Waals surface area (Å²) in [7, 11) is 0. The van der Waals surface area contributed by atoms with Crippen molar-refractivity contribution in [1.29, 1.82) is 0 Å². The molecule has 1 amide bonds. The van der Waals surface area contributed by atoms with E-state index in [2.05, 4.69) is 27.8 Å². The van der Waals surface area contributed by atoms with Gasteiger partial charge in [-0.2, -0.15) is 0 Å². The van der Waals surface area contributed by atoms with E-state index in [4.69, 9.17) is 4.74 Å². The maximum atomic E-state index is 12.9. The summed E-state index contributed by atoms with van der Waals surface area (Å²) in [5.41, 5.74) is 1.79. The van der Waals surface area contributed by atoms with Gasteiger partial charge < -0.3 is 19.4 Å². The normalized spacial score (nSPS) is 17.5. The molecule has 2 saturated heterocycles. The van der Waals surface area contributed by atoms with Crippen LogP contribution in [-0.4, -0.2) is 73.0 Å². The van der Waals surface area contributed by atoms with Gasteiger partial charge in [-0.05, 0) is 68.1 Å². The van der Waals surface area contributed by atoms with Gasteiger partial charge in [0.05, 0.1) is 6.61 Å². The van der Waals surface area contributed by atoms with Crippen molar-refractivity contribution < 1.29 is 9.53 Å². The number of benzene rings is 1. The van der Waals surface area contributed by atoms with Crippen LogP contribution in [0.2, 0.25) is 0 Å². The molecule has 4 rings (SSSR count). The molecule has 31 heavy (non-hydrogen) atoms. The first-order chi connectivity index (χ1) is 15.2. The van der Waals surface area contributed by atoms with Crippen molar-refractivity contribution in [3.63, 3.8) is 0 Å². The summed E-state index contributed by atoms with van der Waals surface area (Å²) >= 11 is 1.71. The predicted molar refractivity (Wildman–Crippen MR) is 128 cm³/mol. The number of piperazine rings is 1. The van der Waals surface area contributed by atoms with Crippen LogP contribution >= 0.6 is 11.3 Å². The Labute approximate surface area is 189 Å². The van der Waals surface area contributed by atoms with Gasteiger partial charge >= 0.3 is 0 Å². The van der Waals surface area contributed by atoms with E-state index in [1.165, 1.54) is 37.2 Å². The van der Waals surface area contributed by atoms with Crippen molar-refractivity contribution in [1.82, 2.24) is 14.7 Å². The number of carbonyl (C=O) groups excluding carboxylic acids is 1. The number of hydrogen-bond donors (Lipinski definition) is 0. The molecule has 2 fully saturated rings. The smallest absolute Gasteiger partial charge is 0.253 e. The fourth-order valence-electron chi connectivity index (χ4n) is 4.32. The first-order valence-corrected chi connectivity index (χ1v) is 12.3. The summed E-state index contributed by atoms with van der Waals surface area (Å²) in [5.74, 6) is 0.935. The molecule has 0 aliphatic carbocycles. The third kappa shape index (κ3) is 5.89. The Balaban J connectivity index is 1.20. The van der Waals surface area contributed by atoms with Crippen LogP contribution in [-0.2, 0) is 0 Å². The second-order valence-electron chi connectivity index (χ2n) is 8.33. The third-order valence-corrected chi connectivity index (χ3v) is 7.11. The van der Waals surface area contributed by atoms with Crippen LogP contribution in [0.3, 0.4) is 0 Å². The second-order valence-corrected chi connectivity index (χ2v) is 9.28. The lowest BCUT2D eigenvalue weighted by Crippen LogP contribution is -2.47. The zero-order valence-corrected chi connectivity index (χ0v) is 19.1. The first kappa shape index (κ1) is 21.9. The Morgan fingerprint density at radius 3 is 2.32 bits per heavy atom. The van der Waals surface area contributed by atoms with Crippen LogP contribution in [0.15, 0.2) is 48.4 Å². The molecular formula is C25H33N3O2S. The molecule has 2 aromatic rings. The molecule has 6 heteroatoms. The number of hydrogen-bond acceptors (Lipinski definition) is 5. The van der Waals surface area contributed by atoms with E-state index in [1.54, 1.807) is 11.3 Å². The minimum absolute atomic E-state index is 0.0954. The van der Waals surface area contributed by atoms with Crippen LogP contribution in [0.4, 0.5) is 0 Å². The van der Waals surface area contributed by atoms with Gasteiger partial charge in [-0.15, -0.1) is 11.3 Å². The second kappa shape index (κ2) is 10.8. The molecular weight excluding hydrogens is 406 g/mol. The Kier molecular flexibility index (Phi) is 7.65. The average molecular weight is 440 g/mol. The highest BCUT2D eigenvalue weighted by Gasteiger charge is 2.23. The van der Waals surface area contributed by atoms with Crippen LogP contribution < -0.4 is 4.74 Å². The van der Waals surface area contributed by atoms with Gasteiger partial charge in [-0.3, -0.25) is 4.79 Å². The summed E-state index contributed by atoms with van der Waals surface area (Å²) in [5, 5.41) is 2.07. The molecule has 0 saturated carbocycles. The van der Waals surface area contributed by atoms with E-state index in [1.807, 2.05) is 35.2 Å². The number of carbonyl (C=O) groups is 1. The molecule has 2 aliphatic rings. The molecule has 1 aromatic heterocycles. The number of amides is 1. The summed E-state index contributed by atoms with van der Waals surface area (Å²) in [6, 6.07) is 11.8. The highest BCUT2D eigenvalue weighted by atomic mass is 32.1. The van der Waals surface area contributed by atoms with Crippen LogP contribution in [0.5, 0.6) is 5.75 Å². The fourth-order valence-corrected chi connectivity index (χ4v) is 5.04. The fraction of sp³-hybridized carbons (Fsp3) is 0.480. The molecule has 0 spiro atoms. The Hall–Kier alpha value is -2.31. The predicted octanol–water partition coefficient (Wildman–Crippen LogP) is 4.43. The lowest BCUT2D eigenvalue weighted by atomic mass is 10.1. The first-order valence-electron chi connectivity index (χ1n) is 11.4. The summed E-state index contributed by atoms with van der Waals surface area (Å²) < 4.78 is 5.89. The molecule has 0 unspecified atom stereocenters. The van der Waals surface area contributed by atoms with E-state index >= 15 is 0 Å². The van der Waals surface area contributed by atoms with Crippen LogP contribution in [0.25, 0.3) is 5.70 Å². The SMILES string of the molecule is C=C(c1cccs1)N1CCN(C(=O)c2ccc(OCCCN3CCCCC3)cc2)CC1. The van der Waals surface area contributed by atoms with Gasteiger partial charge in [0, 0.05) is 48.9 Å². The van der Waals surface area contributed by atoms with Gasteiger partial charge in [0.25, 0.3) is 5.91 Å². The number of nitrogens with zero attached hydrogens (tertiary/aromatic N) is 3. The Bertz CT molecular complexity index is 836. The summed E-state index contributed by atoms with van der Waals surface area (Å²) in [4.78, 5) is 20.8. The molecule has 0 atom stereocenters. The lowest BCUT2D eigenvalue weighted by molar-refractivity contribution is 0.0686. The zero-order valence-electron chi connectivity index (χ0n) is 18.3. The number of rotatable bonds is 8. The molecule has 2 aliphatic heterocycles. The van der Waals surface area contributed by atoms with Gasteiger partial charge in [-0.25, -0.2) is 0 Å². The minimum Gasteiger partial charge on any atom is -0.494 e. The van der Waals surface area contributed by atoms with E-state index < -0.39 is 0 Å². The van der Waals surface area contributed by atoms with Crippen molar-refractivity contribution >= 4 is 22.9 Å². The van der Waals surface area contributed by atoms with Gasteiger partial charge in [0.15, 0.2) is 0 Å². The van der Waals surface area contributed by atoms with Crippen molar-refractivity contribution in [3.05, 3.63) is 58.8 Å². The minimum atomic E-state index is 0.0954. The van der Waals surface area contributed by atoms with E-state index in [0.29, 0.717) is 0 Å². The lowest BCUT2D eigenvalue weighted by Gasteiger charge is -2.36. The van der Waals surface area contributed by atoms with Gasteiger partial charge in [-0.1, -0.05) is 19.1 Å². The van der Waals surface area contributed by atoms with E-state index in [0.717, 1.165) is 62.8 Å². The largest absolute Gasteiger partial charge is 0.494 e. The molecule has 0 N–H and O–H groups in total. The average Bonchev–Trinajstić information content (AvgIpc) is 3.37. The molecule has 0 radical (unpaired) electrons. The quantitative estimate of drug-likeness (QED) is 0.570. The number of piperidine rings is 1. The van der Waals surface area contributed by atoms with Crippen LogP contribution in [0.1, 0.15) is 40.9 Å². The van der Waals surface area contributed by atoms with Crippen molar-refractivity contribution in [2.45, 2.75) is 25.7 Å². The van der Waals surface area contributed by atoms with Crippen molar-refractivity contribution in [3.8, 4) is 5.75 Å². The number of thiophene rings is 1. The maximum absolute atomic E-state index is 12.9. The third-order valence-electron chi connectivity index (χ3n) is 6.19. The van der Waals surface area contributed by atoms with Gasteiger partial charge in [0.1, 0.15) is 5.75 Å². The molecule has 0 bridgehead atoms. The van der Waals surface area contributed by atoms with Crippen molar-refractivity contribution in [2.24, 2.45) is 0 Å². The maximum Gasteiger partial charge on any atom is 0.253 e. The van der Waals surface area contributed by atoms with Gasteiger partial charge in [0.2, 0.25) is 0 Å². The molecule has 1 aromatic carbocycles. The monoisotopic (exact) mass is 439 g/mol. The zero-order chi connectivity index (χ0) is 21.5. The highest BCUT2D eigenvalue weighted by molar-refractivity contribution is 7.11. The van der Waals surface area contributed by atoms with Crippen molar-refractivity contribution in [2.75, 3.05) is 52.4 Å². The summed E-state index contributed by atoms with van der Waals surface area (Å²) in [6.45, 7) is 11.6. The molecule has 166 valence electrons. The van der Waals surface area contributed by atoms with E-state index in [9.17, 15) is 4.79 Å². The molecule has 5 nitrogen and oxygen atoms in total. The Morgan fingerprint density at radius 1 is 0.935 bits per heavy atom. The topological polar surface area (TPSA) is 36.0 Å². The van der Waals surface area contributed by atoms with Crippen LogP contribution in [0, 0.1) is 0 Å². The number of likely N-dealkylation sites (tertiary alicyclic amines) is 1. The molecule has 3 heterocycles. The number of ether oxygens (including phenoxy) is 1. The Morgan fingerprint density at radius 2 is 1.65 bits per heavy atom. The van der Waals surface area contributed by atoms with E-state index in [-0.39, 0.29) is 5.91 Å². The highest BCUT2D eigenvalue weighted by Crippen LogP contribution is 2.24.